The second-order valence-corrected chi connectivity index (χ2v) is 8.35. The highest BCUT2D eigenvalue weighted by molar-refractivity contribution is 7.22. The van der Waals surface area contributed by atoms with Crippen molar-refractivity contribution in [3.8, 4) is 5.75 Å². The zero-order chi connectivity index (χ0) is 23.3. The molecular weight excluding hydrogens is 452 g/mol. The number of benzene rings is 2. The predicted molar refractivity (Wildman–Crippen MR) is 128 cm³/mol. The summed E-state index contributed by atoms with van der Waals surface area (Å²) in [7, 11) is 0. The van der Waals surface area contributed by atoms with Crippen LogP contribution in [0.5, 0.6) is 5.75 Å². The van der Waals surface area contributed by atoms with Crippen LogP contribution in [0.25, 0.3) is 10.2 Å². The topological polar surface area (TPSA) is 88.8 Å². The van der Waals surface area contributed by atoms with Crippen LogP contribution in [-0.4, -0.2) is 53.5 Å². The fourth-order valence-electron chi connectivity index (χ4n) is 3.30. The first-order valence-corrected chi connectivity index (χ1v) is 11.6. The highest BCUT2D eigenvalue weighted by Crippen LogP contribution is 2.35. The van der Waals surface area contributed by atoms with Crippen LogP contribution in [0.3, 0.4) is 0 Å². The normalized spacial score (nSPS) is 11.2. The number of non-ortho nitro benzene ring substituents is 1. The number of nitro benzene ring substituents is 1. The van der Waals surface area contributed by atoms with E-state index >= 15 is 0 Å². The first kappa shape index (κ1) is 23.9. The standard InChI is InChI=1S/C22H25ClN4O4S/c1-4-25(5-2)12-13-26(21(28)16-14-15(27(29)30)10-11-17(16)23)22-24-20-18(31-6-3)8-7-9-19(20)32-22/h7-11,14H,4-6,12-13H2,1-3H3. The molecule has 0 aliphatic heterocycles. The monoisotopic (exact) mass is 476 g/mol. The van der Waals surface area contributed by atoms with Crippen molar-refractivity contribution in [2.24, 2.45) is 0 Å². The van der Waals surface area contributed by atoms with E-state index in [-0.39, 0.29) is 16.3 Å². The van der Waals surface area contributed by atoms with E-state index < -0.39 is 10.8 Å². The molecule has 1 amide bonds. The van der Waals surface area contributed by atoms with Gasteiger partial charge in [-0.15, -0.1) is 0 Å². The van der Waals surface area contributed by atoms with E-state index in [1.807, 2.05) is 25.1 Å². The van der Waals surface area contributed by atoms with Gasteiger partial charge in [-0.3, -0.25) is 19.8 Å². The van der Waals surface area contributed by atoms with Gasteiger partial charge in [0.05, 0.1) is 26.8 Å². The predicted octanol–water partition coefficient (Wildman–Crippen LogP) is 5.25. The molecule has 3 rings (SSSR count). The Balaban J connectivity index is 2.05. The average molecular weight is 477 g/mol. The number of rotatable bonds is 10. The van der Waals surface area contributed by atoms with E-state index in [9.17, 15) is 14.9 Å². The van der Waals surface area contributed by atoms with Crippen molar-refractivity contribution in [3.05, 3.63) is 57.1 Å². The number of hydrogen-bond donors (Lipinski definition) is 0. The van der Waals surface area contributed by atoms with E-state index in [1.54, 1.807) is 4.90 Å². The molecule has 0 fully saturated rings. The summed E-state index contributed by atoms with van der Waals surface area (Å²) in [5, 5.41) is 11.9. The van der Waals surface area contributed by atoms with E-state index in [2.05, 4.69) is 18.7 Å². The number of fused-ring (bicyclic) bond motifs is 1. The van der Waals surface area contributed by atoms with Gasteiger partial charge in [0, 0.05) is 25.2 Å². The quantitative estimate of drug-likeness (QED) is 0.293. The number of carbonyl (C=O) groups excluding carboxylic acids is 1. The number of halogens is 1. The third kappa shape index (κ3) is 5.17. The second-order valence-electron chi connectivity index (χ2n) is 6.94. The van der Waals surface area contributed by atoms with E-state index in [0.717, 1.165) is 17.8 Å². The number of nitrogens with zero attached hydrogens (tertiary/aromatic N) is 4. The minimum atomic E-state index is -0.542. The highest BCUT2D eigenvalue weighted by atomic mass is 35.5. The van der Waals surface area contributed by atoms with Gasteiger partial charge in [-0.25, -0.2) is 4.98 Å². The number of amides is 1. The van der Waals surface area contributed by atoms with Crippen LogP contribution in [0.4, 0.5) is 10.8 Å². The fraction of sp³-hybridized carbons (Fsp3) is 0.364. The molecule has 1 heterocycles. The van der Waals surface area contributed by atoms with Crippen LogP contribution in [0.15, 0.2) is 36.4 Å². The van der Waals surface area contributed by atoms with Crippen LogP contribution in [0.1, 0.15) is 31.1 Å². The first-order chi connectivity index (χ1) is 15.4. The summed E-state index contributed by atoms with van der Waals surface area (Å²) in [6, 6.07) is 9.52. The summed E-state index contributed by atoms with van der Waals surface area (Å²) in [5.41, 5.74) is 0.564. The molecular formula is C22H25ClN4O4S. The molecule has 170 valence electrons. The average Bonchev–Trinajstić information content (AvgIpc) is 3.21. The van der Waals surface area contributed by atoms with Crippen LogP contribution >= 0.6 is 22.9 Å². The van der Waals surface area contributed by atoms with Crippen molar-refractivity contribution in [3.63, 3.8) is 0 Å². The summed E-state index contributed by atoms with van der Waals surface area (Å²) in [4.78, 5) is 32.7. The highest BCUT2D eigenvalue weighted by Gasteiger charge is 2.26. The number of hydrogen-bond acceptors (Lipinski definition) is 7. The molecule has 0 unspecified atom stereocenters. The van der Waals surface area contributed by atoms with Crippen LogP contribution in [0.2, 0.25) is 5.02 Å². The van der Waals surface area contributed by atoms with Crippen LogP contribution in [0, 0.1) is 10.1 Å². The molecule has 10 heteroatoms. The lowest BCUT2D eigenvalue weighted by Gasteiger charge is -2.25. The molecule has 0 bridgehead atoms. The Morgan fingerprint density at radius 3 is 2.59 bits per heavy atom. The summed E-state index contributed by atoms with van der Waals surface area (Å²) >= 11 is 7.64. The van der Waals surface area contributed by atoms with Crippen molar-refractivity contribution in [1.29, 1.82) is 0 Å². The number of ether oxygens (including phenoxy) is 1. The number of carbonyl (C=O) groups is 1. The maximum atomic E-state index is 13.6. The van der Waals surface area contributed by atoms with Crippen molar-refractivity contribution in [1.82, 2.24) is 9.88 Å². The van der Waals surface area contributed by atoms with Gasteiger partial charge >= 0.3 is 0 Å². The lowest BCUT2D eigenvalue weighted by molar-refractivity contribution is -0.384. The first-order valence-electron chi connectivity index (χ1n) is 10.4. The molecule has 8 nitrogen and oxygen atoms in total. The van der Waals surface area contributed by atoms with Gasteiger partial charge in [0.15, 0.2) is 5.13 Å². The molecule has 0 aliphatic rings. The van der Waals surface area contributed by atoms with Crippen molar-refractivity contribution in [2.45, 2.75) is 20.8 Å². The van der Waals surface area contributed by atoms with Gasteiger partial charge in [-0.1, -0.05) is 42.9 Å². The second kappa shape index (κ2) is 10.7. The van der Waals surface area contributed by atoms with E-state index in [1.165, 1.54) is 29.5 Å². The molecule has 0 aliphatic carbocycles. The fourth-order valence-corrected chi connectivity index (χ4v) is 4.51. The maximum absolute atomic E-state index is 13.6. The van der Waals surface area contributed by atoms with Gasteiger partial charge in [0.1, 0.15) is 11.3 Å². The van der Waals surface area contributed by atoms with Gasteiger partial charge < -0.3 is 9.64 Å². The molecule has 0 saturated heterocycles. The van der Waals surface area contributed by atoms with E-state index in [0.29, 0.717) is 36.1 Å². The Kier molecular flexibility index (Phi) is 8.00. The molecule has 0 saturated carbocycles. The Labute approximate surface area is 195 Å². The van der Waals surface area contributed by atoms with Gasteiger partial charge in [-0.05, 0) is 38.2 Å². The molecule has 0 radical (unpaired) electrons. The smallest absolute Gasteiger partial charge is 0.270 e. The number of anilines is 1. The van der Waals surface area contributed by atoms with Crippen molar-refractivity contribution < 1.29 is 14.5 Å². The number of likely N-dealkylation sites (N-methyl/N-ethyl adjacent to an activating group) is 1. The van der Waals surface area contributed by atoms with Gasteiger partial charge in [-0.2, -0.15) is 0 Å². The number of para-hydroxylation sites is 1. The summed E-state index contributed by atoms with van der Waals surface area (Å²) in [5.74, 6) is 0.222. The molecule has 0 N–H and O–H groups in total. The van der Waals surface area contributed by atoms with Crippen LogP contribution in [-0.2, 0) is 0 Å². The summed E-state index contributed by atoms with van der Waals surface area (Å²) in [6.45, 7) is 9.17. The SMILES string of the molecule is CCOc1cccc2sc(N(CCN(CC)CC)C(=O)c3cc([N+](=O)[O-])ccc3Cl)nc12. The molecule has 32 heavy (non-hydrogen) atoms. The Bertz CT molecular complexity index is 1120. The molecule has 0 atom stereocenters. The molecule has 3 aromatic rings. The Morgan fingerprint density at radius 2 is 1.94 bits per heavy atom. The third-order valence-electron chi connectivity index (χ3n) is 5.07. The van der Waals surface area contributed by atoms with Crippen LogP contribution < -0.4 is 9.64 Å². The van der Waals surface area contributed by atoms with E-state index in [4.69, 9.17) is 21.3 Å². The largest absolute Gasteiger partial charge is 0.492 e. The molecule has 1 aromatic heterocycles. The minimum absolute atomic E-state index is 0.0738. The Hall–Kier alpha value is -2.75. The van der Waals surface area contributed by atoms with Crippen molar-refractivity contribution >= 4 is 49.9 Å². The summed E-state index contributed by atoms with van der Waals surface area (Å²) < 4.78 is 6.57. The molecule has 0 spiro atoms. The molecule has 2 aromatic carbocycles. The lowest BCUT2D eigenvalue weighted by atomic mass is 10.1. The van der Waals surface area contributed by atoms with Gasteiger partial charge in [0.2, 0.25) is 0 Å². The number of nitro groups is 1. The maximum Gasteiger partial charge on any atom is 0.270 e. The summed E-state index contributed by atoms with van der Waals surface area (Å²) in [6.07, 6.45) is 0. The Morgan fingerprint density at radius 1 is 1.19 bits per heavy atom. The lowest BCUT2D eigenvalue weighted by Crippen LogP contribution is -2.39. The number of thiazole rings is 1. The minimum Gasteiger partial charge on any atom is -0.492 e. The zero-order valence-electron chi connectivity index (χ0n) is 18.2. The van der Waals surface area contributed by atoms with Crippen molar-refractivity contribution in [2.75, 3.05) is 37.7 Å². The number of aromatic nitrogens is 1. The zero-order valence-corrected chi connectivity index (χ0v) is 19.8. The van der Waals surface area contributed by atoms with Gasteiger partial charge in [0.25, 0.3) is 11.6 Å². The third-order valence-corrected chi connectivity index (χ3v) is 6.45.